The molecule has 0 unspecified atom stereocenters. The SMILES string of the molecule is COc1nccnc1C(=O)C1(OC)CCCC1. The van der Waals surface area contributed by atoms with E-state index >= 15 is 0 Å². The van der Waals surface area contributed by atoms with Gasteiger partial charge in [-0.25, -0.2) is 9.97 Å². The van der Waals surface area contributed by atoms with Crippen LogP contribution >= 0.6 is 0 Å². The van der Waals surface area contributed by atoms with Crippen LogP contribution in [0.15, 0.2) is 12.4 Å². The Hall–Kier alpha value is -1.49. The van der Waals surface area contributed by atoms with Crippen LogP contribution in [0.3, 0.4) is 0 Å². The van der Waals surface area contributed by atoms with E-state index in [9.17, 15) is 4.79 Å². The number of nitrogens with zero attached hydrogens (tertiary/aromatic N) is 2. The van der Waals surface area contributed by atoms with Crippen molar-refractivity contribution in [2.24, 2.45) is 0 Å². The molecule has 0 saturated heterocycles. The summed E-state index contributed by atoms with van der Waals surface area (Å²) in [7, 11) is 3.06. The Morgan fingerprint density at radius 3 is 2.47 bits per heavy atom. The summed E-state index contributed by atoms with van der Waals surface area (Å²) < 4.78 is 10.5. The highest BCUT2D eigenvalue weighted by Crippen LogP contribution is 2.36. The van der Waals surface area contributed by atoms with Crippen LogP contribution in [0.4, 0.5) is 0 Å². The molecule has 0 bridgehead atoms. The van der Waals surface area contributed by atoms with Gasteiger partial charge in [0.1, 0.15) is 5.60 Å². The average molecular weight is 236 g/mol. The Labute approximate surface area is 100 Å². The van der Waals surface area contributed by atoms with Crippen molar-refractivity contribution in [2.75, 3.05) is 14.2 Å². The number of ketones is 1. The van der Waals surface area contributed by atoms with Crippen LogP contribution < -0.4 is 4.74 Å². The van der Waals surface area contributed by atoms with Crippen LogP contribution in [-0.4, -0.2) is 35.6 Å². The number of rotatable bonds is 4. The van der Waals surface area contributed by atoms with Crippen molar-refractivity contribution in [3.05, 3.63) is 18.1 Å². The van der Waals surface area contributed by atoms with Gasteiger partial charge in [-0.1, -0.05) is 0 Å². The lowest BCUT2D eigenvalue weighted by atomic mass is 9.94. The number of hydrogen-bond acceptors (Lipinski definition) is 5. The molecule has 0 N–H and O–H groups in total. The van der Waals surface area contributed by atoms with Gasteiger partial charge >= 0.3 is 0 Å². The lowest BCUT2D eigenvalue weighted by molar-refractivity contribution is 0.00530. The monoisotopic (exact) mass is 236 g/mol. The maximum atomic E-state index is 12.5. The lowest BCUT2D eigenvalue weighted by Gasteiger charge is -2.25. The molecule has 5 nitrogen and oxygen atoms in total. The Bertz CT molecular complexity index is 414. The molecule has 1 aliphatic carbocycles. The molecule has 1 heterocycles. The summed E-state index contributed by atoms with van der Waals surface area (Å²) in [5.41, 5.74) is -0.470. The molecule has 5 heteroatoms. The minimum Gasteiger partial charge on any atom is -0.479 e. The normalized spacial score (nSPS) is 18.0. The molecule has 0 amide bonds. The third-order valence-corrected chi connectivity index (χ3v) is 3.29. The van der Waals surface area contributed by atoms with Gasteiger partial charge in [-0.15, -0.1) is 0 Å². The minimum atomic E-state index is -0.733. The third kappa shape index (κ3) is 2.02. The van der Waals surface area contributed by atoms with Gasteiger partial charge in [0.25, 0.3) is 0 Å². The molecule has 0 aromatic carbocycles. The van der Waals surface area contributed by atoms with Crippen molar-refractivity contribution in [2.45, 2.75) is 31.3 Å². The molecule has 1 aliphatic rings. The summed E-state index contributed by atoms with van der Waals surface area (Å²) in [6.45, 7) is 0. The summed E-state index contributed by atoms with van der Waals surface area (Å²) in [5, 5.41) is 0. The van der Waals surface area contributed by atoms with Crippen molar-refractivity contribution in [1.29, 1.82) is 0 Å². The van der Waals surface area contributed by atoms with E-state index in [-0.39, 0.29) is 17.4 Å². The average Bonchev–Trinajstić information content (AvgIpc) is 2.88. The highest BCUT2D eigenvalue weighted by molar-refractivity contribution is 6.02. The van der Waals surface area contributed by atoms with E-state index in [0.29, 0.717) is 0 Å². The second-order valence-electron chi connectivity index (χ2n) is 4.15. The number of hydrogen-bond donors (Lipinski definition) is 0. The van der Waals surface area contributed by atoms with E-state index in [0.717, 1.165) is 25.7 Å². The molecule has 0 radical (unpaired) electrons. The highest BCUT2D eigenvalue weighted by atomic mass is 16.5. The van der Waals surface area contributed by atoms with Crippen molar-refractivity contribution in [1.82, 2.24) is 9.97 Å². The lowest BCUT2D eigenvalue weighted by Crippen LogP contribution is -2.38. The van der Waals surface area contributed by atoms with E-state index in [4.69, 9.17) is 9.47 Å². The van der Waals surface area contributed by atoms with Gasteiger partial charge in [0.15, 0.2) is 5.69 Å². The first kappa shape index (κ1) is 12.0. The fraction of sp³-hybridized carbons (Fsp3) is 0.583. The summed E-state index contributed by atoms with van der Waals surface area (Å²) in [6.07, 6.45) is 6.48. The molecule has 0 atom stereocenters. The van der Waals surface area contributed by atoms with Crippen molar-refractivity contribution >= 4 is 5.78 Å². The van der Waals surface area contributed by atoms with Crippen molar-refractivity contribution in [3.63, 3.8) is 0 Å². The van der Waals surface area contributed by atoms with Gasteiger partial charge in [-0.05, 0) is 25.7 Å². The number of aromatic nitrogens is 2. The van der Waals surface area contributed by atoms with E-state index in [1.54, 1.807) is 7.11 Å². The van der Waals surface area contributed by atoms with Gasteiger partial charge in [0.05, 0.1) is 7.11 Å². The predicted octanol–water partition coefficient (Wildman–Crippen LogP) is 1.63. The first-order chi connectivity index (χ1) is 8.23. The molecule has 1 aromatic rings. The standard InChI is InChI=1S/C12H16N2O3/c1-16-11-9(13-7-8-14-11)10(15)12(17-2)5-3-4-6-12/h7-8H,3-6H2,1-2H3. The number of carbonyl (C=O) groups is 1. The number of ether oxygens (including phenoxy) is 2. The molecule has 0 aliphatic heterocycles. The molecular formula is C12H16N2O3. The first-order valence-corrected chi connectivity index (χ1v) is 5.68. The molecule has 2 rings (SSSR count). The molecule has 92 valence electrons. The van der Waals surface area contributed by atoms with E-state index < -0.39 is 5.60 Å². The number of methoxy groups -OCH3 is 2. The minimum absolute atomic E-state index is 0.123. The maximum absolute atomic E-state index is 12.5. The Morgan fingerprint density at radius 2 is 1.88 bits per heavy atom. The topological polar surface area (TPSA) is 61.3 Å². The van der Waals surface area contributed by atoms with Gasteiger partial charge in [-0.2, -0.15) is 0 Å². The zero-order chi connectivity index (χ0) is 12.3. The smallest absolute Gasteiger partial charge is 0.243 e. The molecule has 0 spiro atoms. The van der Waals surface area contributed by atoms with E-state index in [1.807, 2.05) is 0 Å². The van der Waals surface area contributed by atoms with Gasteiger partial charge in [0.2, 0.25) is 11.7 Å². The van der Waals surface area contributed by atoms with Crippen LogP contribution in [0.25, 0.3) is 0 Å². The van der Waals surface area contributed by atoms with Crippen LogP contribution in [0.2, 0.25) is 0 Å². The zero-order valence-corrected chi connectivity index (χ0v) is 10.1. The van der Waals surface area contributed by atoms with Crippen molar-refractivity contribution < 1.29 is 14.3 Å². The Kier molecular flexibility index (Phi) is 3.38. The van der Waals surface area contributed by atoms with E-state index in [2.05, 4.69) is 9.97 Å². The summed E-state index contributed by atoms with van der Waals surface area (Å²) in [4.78, 5) is 20.5. The van der Waals surface area contributed by atoms with Crippen LogP contribution in [0, 0.1) is 0 Å². The number of carbonyl (C=O) groups excluding carboxylic acids is 1. The quantitative estimate of drug-likeness (QED) is 0.743. The van der Waals surface area contributed by atoms with Crippen LogP contribution in [-0.2, 0) is 4.74 Å². The largest absolute Gasteiger partial charge is 0.479 e. The maximum Gasteiger partial charge on any atom is 0.243 e. The fourth-order valence-electron chi connectivity index (χ4n) is 2.32. The molecule has 1 saturated carbocycles. The summed E-state index contributed by atoms with van der Waals surface area (Å²) >= 11 is 0. The molecule has 1 fully saturated rings. The Balaban J connectivity index is 2.35. The molecule has 17 heavy (non-hydrogen) atoms. The van der Waals surface area contributed by atoms with Gasteiger partial charge in [-0.3, -0.25) is 4.79 Å². The summed E-state index contributed by atoms with van der Waals surface area (Å²) in [5.74, 6) is 0.142. The first-order valence-electron chi connectivity index (χ1n) is 5.68. The molecule has 1 aromatic heterocycles. The predicted molar refractivity (Wildman–Crippen MR) is 61.1 cm³/mol. The fourth-order valence-corrected chi connectivity index (χ4v) is 2.32. The van der Waals surface area contributed by atoms with Crippen molar-refractivity contribution in [3.8, 4) is 5.88 Å². The van der Waals surface area contributed by atoms with Gasteiger partial charge < -0.3 is 9.47 Å². The summed E-state index contributed by atoms with van der Waals surface area (Å²) in [6, 6.07) is 0. The second kappa shape index (κ2) is 4.79. The second-order valence-corrected chi connectivity index (χ2v) is 4.15. The van der Waals surface area contributed by atoms with Crippen LogP contribution in [0.5, 0.6) is 5.88 Å². The Morgan fingerprint density at radius 1 is 1.24 bits per heavy atom. The molecular weight excluding hydrogens is 220 g/mol. The highest BCUT2D eigenvalue weighted by Gasteiger charge is 2.43. The number of Topliss-reactive ketones (excluding diaryl/α,β-unsaturated/α-hetero) is 1. The van der Waals surface area contributed by atoms with E-state index in [1.165, 1.54) is 19.5 Å². The van der Waals surface area contributed by atoms with Gasteiger partial charge in [0, 0.05) is 19.5 Å². The van der Waals surface area contributed by atoms with Crippen LogP contribution in [0.1, 0.15) is 36.2 Å². The zero-order valence-electron chi connectivity index (χ0n) is 10.1. The third-order valence-electron chi connectivity index (χ3n) is 3.29.